The molecule has 1 saturated heterocycles. The highest BCUT2D eigenvalue weighted by molar-refractivity contribution is 5.79. The van der Waals surface area contributed by atoms with E-state index in [1.54, 1.807) is 0 Å². The summed E-state index contributed by atoms with van der Waals surface area (Å²) >= 11 is 0. The zero-order valence-corrected chi connectivity index (χ0v) is 17.8. The fraction of sp³-hybridized carbons (Fsp3) is 0.545. The summed E-state index contributed by atoms with van der Waals surface area (Å²) in [7, 11) is 0. The molecule has 2 heterocycles. The molecule has 1 atom stereocenters. The molecule has 0 saturated carbocycles. The van der Waals surface area contributed by atoms with Gasteiger partial charge in [-0.25, -0.2) is 9.98 Å². The molecule has 29 heavy (non-hydrogen) atoms. The van der Waals surface area contributed by atoms with Crippen LogP contribution in [0.25, 0.3) is 11.3 Å². The number of nitrogens with one attached hydrogen (secondary N) is 3. The number of aromatic amines is 1. The normalized spacial score (nSPS) is 18.2. The molecule has 0 radical (unpaired) electrons. The van der Waals surface area contributed by atoms with Crippen molar-refractivity contribution in [2.45, 2.75) is 33.4 Å². The summed E-state index contributed by atoms with van der Waals surface area (Å²) in [6.45, 7) is 12.5. The van der Waals surface area contributed by atoms with Crippen molar-refractivity contribution in [1.82, 2.24) is 25.5 Å². The number of rotatable bonds is 8. The summed E-state index contributed by atoms with van der Waals surface area (Å²) in [5, 5.41) is 6.72. The lowest BCUT2D eigenvalue weighted by molar-refractivity contribution is -0.0284. The molecule has 1 aliphatic rings. The Morgan fingerprint density at radius 2 is 2.14 bits per heavy atom. The Balaban J connectivity index is 1.53. The molecule has 3 rings (SSSR count). The van der Waals surface area contributed by atoms with Crippen LogP contribution in [0.1, 0.15) is 26.6 Å². The van der Waals surface area contributed by atoms with Gasteiger partial charge in [-0.3, -0.25) is 4.90 Å². The first-order valence-electron chi connectivity index (χ1n) is 10.6. The second-order valence-corrected chi connectivity index (χ2v) is 7.83. The predicted octanol–water partition coefficient (Wildman–Crippen LogP) is 2.49. The fourth-order valence-electron chi connectivity index (χ4n) is 3.50. The van der Waals surface area contributed by atoms with E-state index >= 15 is 0 Å². The number of guanidine groups is 1. The van der Waals surface area contributed by atoms with E-state index in [0.717, 1.165) is 62.4 Å². The van der Waals surface area contributed by atoms with E-state index in [-0.39, 0.29) is 6.10 Å². The maximum Gasteiger partial charge on any atom is 0.191 e. The topological polar surface area (TPSA) is 77.6 Å². The number of H-pyrrole nitrogens is 1. The average molecular weight is 399 g/mol. The fourth-order valence-corrected chi connectivity index (χ4v) is 3.50. The van der Waals surface area contributed by atoms with Crippen molar-refractivity contribution in [3.05, 3.63) is 42.4 Å². The van der Waals surface area contributed by atoms with Crippen LogP contribution < -0.4 is 10.6 Å². The van der Waals surface area contributed by atoms with Crippen LogP contribution in [-0.2, 0) is 11.3 Å². The Morgan fingerprint density at radius 1 is 1.31 bits per heavy atom. The number of ether oxygens (including phenoxy) is 1. The monoisotopic (exact) mass is 398 g/mol. The molecule has 1 aromatic carbocycles. The lowest BCUT2D eigenvalue weighted by Gasteiger charge is -2.34. The van der Waals surface area contributed by atoms with Gasteiger partial charge in [0, 0.05) is 32.7 Å². The van der Waals surface area contributed by atoms with Gasteiger partial charge in [-0.2, -0.15) is 0 Å². The lowest BCUT2D eigenvalue weighted by Crippen LogP contribution is -2.50. The van der Waals surface area contributed by atoms with Crippen molar-refractivity contribution in [3.63, 3.8) is 0 Å². The van der Waals surface area contributed by atoms with Crippen LogP contribution in [0.4, 0.5) is 0 Å². The van der Waals surface area contributed by atoms with Crippen molar-refractivity contribution in [1.29, 1.82) is 0 Å². The van der Waals surface area contributed by atoms with E-state index < -0.39 is 0 Å². The molecule has 3 N–H and O–H groups in total. The number of nitrogens with zero attached hydrogens (tertiary/aromatic N) is 3. The molecular formula is C22H34N6O. The van der Waals surface area contributed by atoms with Crippen molar-refractivity contribution in [2.24, 2.45) is 10.9 Å². The molecule has 7 heteroatoms. The van der Waals surface area contributed by atoms with Gasteiger partial charge < -0.3 is 20.4 Å². The minimum Gasteiger partial charge on any atom is -0.374 e. The molecule has 1 unspecified atom stereocenters. The standard InChI is InChI=1S/C22H34N6O/c1-4-23-22(25-12-19-16-28(10-11-29-19)15-17(2)3)26-14-21-24-13-20(27-21)18-8-6-5-7-9-18/h5-9,13,17,19H,4,10-12,14-16H2,1-3H3,(H,24,27)(H2,23,25,26). The quantitative estimate of drug-likeness (QED) is 0.470. The first kappa shape index (κ1) is 21.3. The van der Waals surface area contributed by atoms with E-state index in [0.29, 0.717) is 12.5 Å². The van der Waals surface area contributed by atoms with E-state index in [1.165, 1.54) is 0 Å². The Labute approximate surface area is 174 Å². The minimum absolute atomic E-state index is 0.180. The van der Waals surface area contributed by atoms with Crippen molar-refractivity contribution < 1.29 is 4.74 Å². The van der Waals surface area contributed by atoms with Crippen molar-refractivity contribution >= 4 is 5.96 Å². The third-order valence-corrected chi connectivity index (χ3v) is 4.79. The SMILES string of the molecule is CCNC(=NCc1ncc(-c2ccccc2)[nH]1)NCC1CN(CC(C)C)CCO1. The summed E-state index contributed by atoms with van der Waals surface area (Å²) < 4.78 is 5.93. The maximum absolute atomic E-state index is 5.93. The summed E-state index contributed by atoms with van der Waals surface area (Å²) in [6.07, 6.45) is 2.04. The average Bonchev–Trinajstić information content (AvgIpc) is 3.20. The molecule has 1 aromatic heterocycles. The molecule has 0 aliphatic carbocycles. The number of benzene rings is 1. The van der Waals surface area contributed by atoms with E-state index in [2.05, 4.69) is 63.4 Å². The number of aliphatic imine (C=N–C) groups is 1. The van der Waals surface area contributed by atoms with Crippen LogP contribution in [0.5, 0.6) is 0 Å². The zero-order chi connectivity index (χ0) is 20.5. The van der Waals surface area contributed by atoms with Gasteiger partial charge in [-0.1, -0.05) is 44.2 Å². The molecule has 1 fully saturated rings. The van der Waals surface area contributed by atoms with E-state index in [4.69, 9.17) is 4.74 Å². The summed E-state index contributed by atoms with van der Waals surface area (Å²) in [6, 6.07) is 10.2. The van der Waals surface area contributed by atoms with Gasteiger partial charge in [0.1, 0.15) is 12.4 Å². The molecule has 2 aromatic rings. The second kappa shape index (κ2) is 11.0. The number of aromatic nitrogens is 2. The van der Waals surface area contributed by atoms with Crippen molar-refractivity contribution in [2.75, 3.05) is 39.3 Å². The Morgan fingerprint density at radius 3 is 2.90 bits per heavy atom. The number of hydrogen-bond donors (Lipinski definition) is 3. The van der Waals surface area contributed by atoms with Gasteiger partial charge in [0.2, 0.25) is 0 Å². The number of morpholine rings is 1. The first-order valence-corrected chi connectivity index (χ1v) is 10.6. The summed E-state index contributed by atoms with van der Waals surface area (Å²) in [5.41, 5.74) is 2.13. The summed E-state index contributed by atoms with van der Waals surface area (Å²) in [4.78, 5) is 15.0. The van der Waals surface area contributed by atoms with Crippen LogP contribution in [0.3, 0.4) is 0 Å². The van der Waals surface area contributed by atoms with Crippen LogP contribution in [0.15, 0.2) is 41.5 Å². The second-order valence-electron chi connectivity index (χ2n) is 7.83. The Bertz CT molecular complexity index is 758. The van der Waals surface area contributed by atoms with Crippen molar-refractivity contribution in [3.8, 4) is 11.3 Å². The van der Waals surface area contributed by atoms with Gasteiger partial charge in [0.05, 0.1) is 24.6 Å². The van der Waals surface area contributed by atoms with Gasteiger partial charge >= 0.3 is 0 Å². The highest BCUT2D eigenvalue weighted by Gasteiger charge is 2.21. The van der Waals surface area contributed by atoms with Gasteiger partial charge in [-0.05, 0) is 18.4 Å². The molecule has 0 spiro atoms. The predicted molar refractivity (Wildman–Crippen MR) is 118 cm³/mol. The van der Waals surface area contributed by atoms with Crippen LogP contribution in [-0.4, -0.2) is 66.3 Å². The van der Waals surface area contributed by atoms with Gasteiger partial charge in [0.25, 0.3) is 0 Å². The Hall–Kier alpha value is -2.38. The van der Waals surface area contributed by atoms with Gasteiger partial charge in [0.15, 0.2) is 5.96 Å². The van der Waals surface area contributed by atoms with E-state index in [1.807, 2.05) is 24.4 Å². The molecule has 1 aliphatic heterocycles. The molecular weight excluding hydrogens is 364 g/mol. The highest BCUT2D eigenvalue weighted by Crippen LogP contribution is 2.16. The number of imidazole rings is 1. The Kier molecular flexibility index (Phi) is 8.07. The first-order chi connectivity index (χ1) is 14.1. The minimum atomic E-state index is 0.180. The van der Waals surface area contributed by atoms with Crippen LogP contribution in [0.2, 0.25) is 0 Å². The zero-order valence-electron chi connectivity index (χ0n) is 17.8. The largest absolute Gasteiger partial charge is 0.374 e. The lowest BCUT2D eigenvalue weighted by atomic mass is 10.2. The summed E-state index contributed by atoms with van der Waals surface area (Å²) in [5.74, 6) is 2.31. The third kappa shape index (κ3) is 6.87. The molecule has 0 bridgehead atoms. The molecule has 158 valence electrons. The van der Waals surface area contributed by atoms with E-state index in [9.17, 15) is 0 Å². The third-order valence-electron chi connectivity index (χ3n) is 4.79. The van der Waals surface area contributed by atoms with Crippen LogP contribution >= 0.6 is 0 Å². The van der Waals surface area contributed by atoms with Gasteiger partial charge in [-0.15, -0.1) is 0 Å². The highest BCUT2D eigenvalue weighted by atomic mass is 16.5. The molecule has 0 amide bonds. The van der Waals surface area contributed by atoms with Crippen LogP contribution in [0, 0.1) is 5.92 Å². The molecule has 7 nitrogen and oxygen atoms in total. The smallest absolute Gasteiger partial charge is 0.191 e. The maximum atomic E-state index is 5.93. The number of hydrogen-bond acceptors (Lipinski definition) is 4.